The average Bonchev–Trinajstić information content (AvgIpc) is 2.95. The van der Waals surface area contributed by atoms with E-state index in [9.17, 15) is 4.79 Å². The number of carbonyl (C=O) groups is 1. The third-order valence-electron chi connectivity index (χ3n) is 2.63. The molecule has 99 valence electrons. The van der Waals surface area contributed by atoms with Crippen LogP contribution in [-0.4, -0.2) is 28.5 Å². The van der Waals surface area contributed by atoms with Crippen LogP contribution in [0.2, 0.25) is 0 Å². The summed E-state index contributed by atoms with van der Waals surface area (Å²) in [5.41, 5.74) is 2.61. The molecule has 0 atom stereocenters. The number of hydrogen-bond acceptors (Lipinski definition) is 6. The van der Waals surface area contributed by atoms with E-state index in [2.05, 4.69) is 26.5 Å². The van der Waals surface area contributed by atoms with E-state index < -0.39 is 0 Å². The van der Waals surface area contributed by atoms with E-state index in [0.717, 1.165) is 11.3 Å². The molecule has 3 aromatic rings. The Bertz CT molecular complexity index is 772. The summed E-state index contributed by atoms with van der Waals surface area (Å²) in [4.78, 5) is 23.3. The van der Waals surface area contributed by atoms with Gasteiger partial charge in [-0.25, -0.2) is 15.0 Å². The fourth-order valence-electron chi connectivity index (χ4n) is 1.69. The zero-order chi connectivity index (χ0) is 13.9. The number of hydrogen-bond donors (Lipinski definition) is 1. The number of nitrogens with zero attached hydrogens (tertiary/aromatic N) is 3. The number of ether oxygens (including phenoxy) is 1. The molecule has 0 aliphatic heterocycles. The highest BCUT2D eigenvalue weighted by atomic mass is 32.1. The number of nitrogens with one attached hydrogen (secondary N) is 1. The number of thiazole rings is 1. The minimum absolute atomic E-state index is 0.514. The Balaban J connectivity index is 2.01. The first-order valence-corrected chi connectivity index (χ1v) is 6.57. The van der Waals surface area contributed by atoms with Gasteiger partial charge in [0.1, 0.15) is 23.3 Å². The second-order valence-corrected chi connectivity index (χ2v) is 4.70. The van der Waals surface area contributed by atoms with Gasteiger partial charge in [0, 0.05) is 11.4 Å². The number of rotatable bonds is 4. The topological polar surface area (TPSA) is 77.0 Å². The number of amides is 1. The lowest BCUT2D eigenvalue weighted by molar-refractivity contribution is -0.105. The van der Waals surface area contributed by atoms with Crippen molar-refractivity contribution in [2.45, 2.75) is 0 Å². The average molecular weight is 285 g/mol. The van der Waals surface area contributed by atoms with Crippen molar-refractivity contribution < 1.29 is 9.53 Å². The van der Waals surface area contributed by atoms with Crippen molar-refractivity contribution in [3.8, 4) is 17.1 Å². The molecule has 1 radical (unpaired) electrons. The van der Waals surface area contributed by atoms with Crippen molar-refractivity contribution in [3.05, 3.63) is 29.8 Å². The van der Waals surface area contributed by atoms with Crippen molar-refractivity contribution in [3.63, 3.8) is 0 Å². The van der Waals surface area contributed by atoms with E-state index >= 15 is 0 Å². The molecular formula is C13H9N4O2S. The molecule has 0 unspecified atom stereocenters. The maximum Gasteiger partial charge on any atom is 0.213 e. The Kier molecular flexibility index (Phi) is 3.26. The zero-order valence-corrected chi connectivity index (χ0v) is 11.3. The van der Waals surface area contributed by atoms with Crippen LogP contribution in [0.3, 0.4) is 0 Å². The minimum Gasteiger partial charge on any atom is -0.497 e. The summed E-state index contributed by atoms with van der Waals surface area (Å²) in [5.74, 6) is 0.721. The Morgan fingerprint density at radius 3 is 3.05 bits per heavy atom. The first-order valence-electron chi connectivity index (χ1n) is 5.69. The summed E-state index contributed by atoms with van der Waals surface area (Å²) in [7, 11) is 1.60. The van der Waals surface area contributed by atoms with E-state index in [1.165, 1.54) is 11.3 Å². The third kappa shape index (κ3) is 2.30. The lowest BCUT2D eigenvalue weighted by Gasteiger charge is -2.02. The van der Waals surface area contributed by atoms with Crippen molar-refractivity contribution in [1.82, 2.24) is 15.0 Å². The van der Waals surface area contributed by atoms with E-state index in [0.29, 0.717) is 28.4 Å². The van der Waals surface area contributed by atoms with E-state index in [1.807, 2.05) is 12.1 Å². The molecular weight excluding hydrogens is 276 g/mol. The van der Waals surface area contributed by atoms with Crippen LogP contribution in [0.1, 0.15) is 0 Å². The number of methoxy groups -OCH3 is 1. The zero-order valence-electron chi connectivity index (χ0n) is 10.5. The summed E-state index contributed by atoms with van der Waals surface area (Å²) >= 11 is 1.32. The molecule has 1 N–H and O–H groups in total. The largest absolute Gasteiger partial charge is 0.497 e. The first kappa shape index (κ1) is 12.5. The maximum atomic E-state index is 10.4. The third-order valence-corrected chi connectivity index (χ3v) is 3.40. The smallest absolute Gasteiger partial charge is 0.213 e. The molecule has 1 aromatic carbocycles. The molecule has 0 spiro atoms. The Morgan fingerprint density at radius 1 is 1.35 bits per heavy atom. The molecule has 0 saturated heterocycles. The fourth-order valence-corrected chi connectivity index (χ4v) is 2.34. The molecule has 7 heteroatoms. The molecule has 0 aliphatic rings. The van der Waals surface area contributed by atoms with Gasteiger partial charge in [-0.3, -0.25) is 4.79 Å². The Labute approximate surface area is 118 Å². The van der Waals surface area contributed by atoms with Crippen molar-refractivity contribution >= 4 is 33.9 Å². The molecule has 2 aromatic heterocycles. The van der Waals surface area contributed by atoms with Crippen LogP contribution in [0.4, 0.5) is 5.13 Å². The van der Waals surface area contributed by atoms with Gasteiger partial charge >= 0.3 is 0 Å². The van der Waals surface area contributed by atoms with Crippen LogP contribution in [0.25, 0.3) is 22.4 Å². The number of carbonyl (C=O) groups excluding carboxylic acids is 1. The Hall–Kier alpha value is -2.54. The fraction of sp³-hybridized carbons (Fsp3) is 0.0769. The van der Waals surface area contributed by atoms with E-state index in [4.69, 9.17) is 4.74 Å². The molecule has 0 aliphatic carbocycles. The van der Waals surface area contributed by atoms with Crippen LogP contribution < -0.4 is 10.1 Å². The van der Waals surface area contributed by atoms with Gasteiger partial charge in [0.15, 0.2) is 5.13 Å². The van der Waals surface area contributed by atoms with Crippen LogP contribution in [-0.2, 0) is 4.79 Å². The van der Waals surface area contributed by atoms with Gasteiger partial charge in [-0.15, -0.1) is 11.3 Å². The Morgan fingerprint density at radius 2 is 2.25 bits per heavy atom. The summed E-state index contributed by atoms with van der Waals surface area (Å²) in [6.45, 7) is 0. The number of aromatic nitrogens is 3. The van der Waals surface area contributed by atoms with E-state index in [1.54, 1.807) is 18.6 Å². The number of benzene rings is 1. The summed E-state index contributed by atoms with van der Waals surface area (Å²) in [5, 5.41) is 4.81. The minimum atomic E-state index is 0.514. The van der Waals surface area contributed by atoms with E-state index in [-0.39, 0.29) is 0 Å². The predicted molar refractivity (Wildman–Crippen MR) is 75.7 cm³/mol. The maximum absolute atomic E-state index is 10.4. The second-order valence-electron chi connectivity index (χ2n) is 3.84. The predicted octanol–water partition coefficient (Wildman–Crippen LogP) is 2.13. The molecule has 2 heterocycles. The van der Waals surface area contributed by atoms with Gasteiger partial charge in [0.25, 0.3) is 0 Å². The van der Waals surface area contributed by atoms with Crippen molar-refractivity contribution in [1.29, 1.82) is 0 Å². The van der Waals surface area contributed by atoms with Crippen LogP contribution in [0.5, 0.6) is 5.75 Å². The molecule has 20 heavy (non-hydrogen) atoms. The first-order chi connectivity index (χ1) is 9.80. The molecule has 3 rings (SSSR count). The summed E-state index contributed by atoms with van der Waals surface area (Å²) in [6.07, 6.45) is 3.43. The second kappa shape index (κ2) is 5.22. The van der Waals surface area contributed by atoms with Gasteiger partial charge in [0.2, 0.25) is 6.41 Å². The highest BCUT2D eigenvalue weighted by Gasteiger charge is 2.08. The number of anilines is 1. The molecule has 6 nitrogen and oxygen atoms in total. The number of fused-ring (bicyclic) bond motifs is 1. The SMILES string of the molecule is COc1ccc2nc(-c3csc(NC=O)n3)[c]nc2c1. The van der Waals surface area contributed by atoms with Gasteiger partial charge in [-0.1, -0.05) is 0 Å². The van der Waals surface area contributed by atoms with Crippen LogP contribution >= 0.6 is 11.3 Å². The summed E-state index contributed by atoms with van der Waals surface area (Å²) < 4.78 is 5.13. The van der Waals surface area contributed by atoms with Gasteiger partial charge in [-0.05, 0) is 12.1 Å². The van der Waals surface area contributed by atoms with Crippen molar-refractivity contribution in [2.75, 3.05) is 12.4 Å². The lowest BCUT2D eigenvalue weighted by Crippen LogP contribution is -1.93. The molecule has 0 bridgehead atoms. The highest BCUT2D eigenvalue weighted by Crippen LogP contribution is 2.24. The van der Waals surface area contributed by atoms with Crippen LogP contribution in [0.15, 0.2) is 23.6 Å². The molecule has 0 fully saturated rings. The highest BCUT2D eigenvalue weighted by molar-refractivity contribution is 7.14. The van der Waals surface area contributed by atoms with Crippen LogP contribution in [0, 0.1) is 6.20 Å². The van der Waals surface area contributed by atoms with Gasteiger partial charge in [-0.2, -0.15) is 0 Å². The standard InChI is InChI=1S/C13H9N4O2S/c1-19-8-2-3-9-10(4-8)14-5-11(16-9)12-6-20-13(17-12)15-7-18/h2-4,6-7H,1H3,(H,15,17,18). The van der Waals surface area contributed by atoms with Gasteiger partial charge in [0.05, 0.1) is 18.1 Å². The molecule has 1 amide bonds. The lowest BCUT2D eigenvalue weighted by atomic mass is 10.2. The summed E-state index contributed by atoms with van der Waals surface area (Å²) in [6, 6.07) is 5.44. The normalized spacial score (nSPS) is 10.4. The molecule has 0 saturated carbocycles. The van der Waals surface area contributed by atoms with Crippen molar-refractivity contribution in [2.24, 2.45) is 0 Å². The van der Waals surface area contributed by atoms with Gasteiger partial charge < -0.3 is 10.1 Å². The quantitative estimate of drug-likeness (QED) is 0.743. The monoisotopic (exact) mass is 285 g/mol.